The number of halogens is 4. The summed E-state index contributed by atoms with van der Waals surface area (Å²) >= 11 is 0. The Morgan fingerprint density at radius 3 is 2.63 bits per heavy atom. The van der Waals surface area contributed by atoms with E-state index < -0.39 is 23.6 Å². The summed E-state index contributed by atoms with van der Waals surface area (Å²) in [6, 6.07) is 4.53. The van der Waals surface area contributed by atoms with Crippen LogP contribution in [-0.4, -0.2) is 38.9 Å². The maximum absolute atomic E-state index is 13.4. The average Bonchev–Trinajstić information content (AvgIpc) is 3.11. The lowest BCUT2D eigenvalue weighted by molar-refractivity contribution is -0.137. The first-order valence-corrected chi connectivity index (χ1v) is 8.72. The van der Waals surface area contributed by atoms with Gasteiger partial charge >= 0.3 is 12.2 Å². The topological polar surface area (TPSA) is 96.8 Å². The molecule has 0 unspecified atom stereocenters. The smallest absolute Gasteiger partial charge is 0.368 e. The molecule has 158 valence electrons. The number of aromatic nitrogens is 4. The second-order valence-corrected chi connectivity index (χ2v) is 6.20. The van der Waals surface area contributed by atoms with Crippen LogP contribution in [0.25, 0.3) is 5.82 Å². The summed E-state index contributed by atoms with van der Waals surface area (Å²) in [5.74, 6) is -0.0538. The third kappa shape index (κ3) is 5.65. The first-order valence-electron chi connectivity index (χ1n) is 8.72. The van der Waals surface area contributed by atoms with Gasteiger partial charge in [0.1, 0.15) is 18.0 Å². The molecule has 3 rings (SSSR count). The third-order valence-corrected chi connectivity index (χ3v) is 3.81. The van der Waals surface area contributed by atoms with Crippen LogP contribution in [0.15, 0.2) is 42.9 Å². The molecule has 0 radical (unpaired) electrons. The van der Waals surface area contributed by atoms with Gasteiger partial charge < -0.3 is 16.0 Å². The molecule has 2 aromatic heterocycles. The predicted molar refractivity (Wildman–Crippen MR) is 101 cm³/mol. The number of alkyl halides is 3. The molecule has 0 saturated heterocycles. The third-order valence-electron chi connectivity index (χ3n) is 3.81. The summed E-state index contributed by atoms with van der Waals surface area (Å²) < 4.78 is 53.1. The Morgan fingerprint density at radius 1 is 1.13 bits per heavy atom. The van der Waals surface area contributed by atoms with Crippen LogP contribution >= 0.6 is 0 Å². The number of amides is 2. The van der Waals surface area contributed by atoms with Crippen molar-refractivity contribution in [1.82, 2.24) is 25.1 Å². The van der Waals surface area contributed by atoms with Crippen molar-refractivity contribution in [3.8, 4) is 5.82 Å². The Bertz CT molecular complexity index is 1040. The monoisotopic (exact) mass is 423 g/mol. The van der Waals surface area contributed by atoms with Gasteiger partial charge in [-0.05, 0) is 31.2 Å². The highest BCUT2D eigenvalue weighted by Crippen LogP contribution is 2.31. The molecular formula is C18H17F4N7O. The van der Waals surface area contributed by atoms with Crippen LogP contribution in [0.4, 0.5) is 33.9 Å². The van der Waals surface area contributed by atoms with E-state index in [1.165, 1.54) is 6.33 Å². The number of benzene rings is 1. The molecule has 2 amide bonds. The Balaban J connectivity index is 1.49. The van der Waals surface area contributed by atoms with Crippen LogP contribution in [0.2, 0.25) is 0 Å². The van der Waals surface area contributed by atoms with Crippen molar-refractivity contribution in [3.05, 3.63) is 59.9 Å². The number of urea groups is 1. The second kappa shape index (κ2) is 8.76. The van der Waals surface area contributed by atoms with Gasteiger partial charge in [-0.1, -0.05) is 0 Å². The summed E-state index contributed by atoms with van der Waals surface area (Å²) in [4.78, 5) is 20.0. The maximum atomic E-state index is 13.4. The number of carbonyl (C=O) groups excluding carboxylic acids is 1. The minimum Gasteiger partial charge on any atom is -0.368 e. The number of aryl methyl sites for hydroxylation is 1. The van der Waals surface area contributed by atoms with Crippen LogP contribution in [0.5, 0.6) is 0 Å². The molecule has 30 heavy (non-hydrogen) atoms. The first-order chi connectivity index (χ1) is 14.2. The largest absolute Gasteiger partial charge is 0.416 e. The fourth-order valence-corrected chi connectivity index (χ4v) is 2.48. The molecule has 0 spiro atoms. The highest BCUT2D eigenvalue weighted by atomic mass is 19.4. The Hall–Kier alpha value is -3.70. The molecule has 0 fully saturated rings. The van der Waals surface area contributed by atoms with Crippen molar-refractivity contribution in [2.24, 2.45) is 0 Å². The van der Waals surface area contributed by atoms with Crippen LogP contribution in [0.3, 0.4) is 0 Å². The van der Waals surface area contributed by atoms with Gasteiger partial charge in [0.2, 0.25) is 0 Å². The summed E-state index contributed by atoms with van der Waals surface area (Å²) in [6.45, 7) is 2.26. The molecule has 0 aliphatic carbocycles. The lowest BCUT2D eigenvalue weighted by Gasteiger charge is -2.12. The molecule has 12 heteroatoms. The summed E-state index contributed by atoms with van der Waals surface area (Å²) in [7, 11) is 0. The highest BCUT2D eigenvalue weighted by molar-refractivity contribution is 5.89. The summed E-state index contributed by atoms with van der Waals surface area (Å²) in [5, 5.41) is 11.8. The highest BCUT2D eigenvalue weighted by Gasteiger charge is 2.31. The number of carbonyl (C=O) groups is 1. The van der Waals surface area contributed by atoms with Crippen LogP contribution in [-0.2, 0) is 6.18 Å². The lowest BCUT2D eigenvalue weighted by Crippen LogP contribution is -2.32. The molecule has 0 saturated carbocycles. The molecule has 3 N–H and O–H groups in total. The van der Waals surface area contributed by atoms with Gasteiger partial charge in [0.25, 0.3) is 0 Å². The van der Waals surface area contributed by atoms with E-state index in [2.05, 4.69) is 31.0 Å². The van der Waals surface area contributed by atoms with Crippen molar-refractivity contribution in [2.45, 2.75) is 13.1 Å². The number of nitrogens with zero attached hydrogens (tertiary/aromatic N) is 4. The van der Waals surface area contributed by atoms with Gasteiger partial charge in [-0.15, -0.1) is 0 Å². The number of rotatable bonds is 6. The van der Waals surface area contributed by atoms with Gasteiger partial charge in [-0.3, -0.25) is 0 Å². The van der Waals surface area contributed by atoms with E-state index in [4.69, 9.17) is 0 Å². The Morgan fingerprint density at radius 2 is 1.93 bits per heavy atom. The minimum atomic E-state index is -4.72. The molecule has 8 nitrogen and oxygen atoms in total. The quantitative estimate of drug-likeness (QED) is 0.417. The maximum Gasteiger partial charge on any atom is 0.416 e. The molecule has 0 atom stereocenters. The lowest BCUT2D eigenvalue weighted by atomic mass is 10.2. The molecule has 0 bridgehead atoms. The van der Waals surface area contributed by atoms with E-state index in [0.717, 1.165) is 11.8 Å². The molecular weight excluding hydrogens is 406 g/mol. The predicted octanol–water partition coefficient (Wildman–Crippen LogP) is 3.36. The Kier molecular flexibility index (Phi) is 6.14. The second-order valence-electron chi connectivity index (χ2n) is 6.20. The van der Waals surface area contributed by atoms with Crippen LogP contribution < -0.4 is 16.0 Å². The van der Waals surface area contributed by atoms with Gasteiger partial charge in [0, 0.05) is 31.0 Å². The zero-order valence-electron chi connectivity index (χ0n) is 15.7. The Labute approximate surface area is 168 Å². The van der Waals surface area contributed by atoms with Gasteiger partial charge in [0.15, 0.2) is 5.82 Å². The molecule has 3 aromatic rings. The van der Waals surface area contributed by atoms with Crippen LogP contribution in [0.1, 0.15) is 11.3 Å². The van der Waals surface area contributed by atoms with Crippen molar-refractivity contribution in [2.75, 3.05) is 23.7 Å². The van der Waals surface area contributed by atoms with Crippen molar-refractivity contribution in [3.63, 3.8) is 0 Å². The number of nitrogens with one attached hydrogen (secondary N) is 3. The first kappa shape index (κ1) is 21.0. The molecule has 0 aliphatic rings. The van der Waals surface area contributed by atoms with Crippen molar-refractivity contribution in [1.29, 1.82) is 0 Å². The fourth-order valence-electron chi connectivity index (χ4n) is 2.48. The zero-order chi connectivity index (χ0) is 21.7. The van der Waals surface area contributed by atoms with Gasteiger partial charge in [0.05, 0.1) is 11.3 Å². The summed E-state index contributed by atoms with van der Waals surface area (Å²) in [6.07, 6.45) is -1.61. The number of anilines is 2. The fraction of sp³-hybridized carbons (Fsp3) is 0.222. The molecule has 2 heterocycles. The SMILES string of the molecule is Cc1ccn(-c2cc(NCCNC(=O)Nc3cc(F)cc(C(F)(F)F)c3)ncn2)n1. The van der Waals surface area contributed by atoms with Crippen LogP contribution in [0, 0.1) is 12.7 Å². The number of hydrogen-bond acceptors (Lipinski definition) is 5. The molecule has 1 aromatic carbocycles. The minimum absolute atomic E-state index is 0.132. The van der Waals surface area contributed by atoms with Crippen molar-refractivity contribution >= 4 is 17.5 Å². The molecule has 0 aliphatic heterocycles. The standard InChI is InChI=1S/C18H17F4N7O/c1-11-2-5-29(28-11)16-9-15(25-10-26-16)23-3-4-24-17(30)27-14-7-12(18(20,21)22)6-13(19)8-14/h2,5-10H,3-4H2,1H3,(H,23,25,26)(H2,24,27,30). The number of hydrogen-bond donors (Lipinski definition) is 3. The van der Waals surface area contributed by atoms with E-state index in [-0.39, 0.29) is 18.8 Å². The van der Waals surface area contributed by atoms with Gasteiger partial charge in [-0.2, -0.15) is 18.3 Å². The van der Waals surface area contributed by atoms with Gasteiger partial charge in [-0.25, -0.2) is 23.8 Å². The van der Waals surface area contributed by atoms with E-state index in [1.54, 1.807) is 16.9 Å². The zero-order valence-corrected chi connectivity index (χ0v) is 15.7. The van der Waals surface area contributed by atoms with E-state index in [9.17, 15) is 22.4 Å². The van der Waals surface area contributed by atoms with E-state index >= 15 is 0 Å². The van der Waals surface area contributed by atoms with E-state index in [0.29, 0.717) is 23.8 Å². The van der Waals surface area contributed by atoms with Crippen molar-refractivity contribution < 1.29 is 22.4 Å². The average molecular weight is 423 g/mol. The normalized spacial score (nSPS) is 11.2. The summed E-state index contributed by atoms with van der Waals surface area (Å²) in [5.41, 5.74) is -0.659. The van der Waals surface area contributed by atoms with E-state index in [1.807, 2.05) is 13.0 Å².